The first kappa shape index (κ1) is 21.0. The number of fused-ring (bicyclic) bond motifs is 1. The van der Waals surface area contributed by atoms with Gasteiger partial charge in [-0.1, -0.05) is 23.7 Å². The molecule has 0 radical (unpaired) electrons. The van der Waals surface area contributed by atoms with Crippen molar-refractivity contribution in [3.05, 3.63) is 91.9 Å². The van der Waals surface area contributed by atoms with Crippen molar-refractivity contribution in [3.8, 4) is 5.69 Å². The minimum absolute atomic E-state index is 0.0100. The summed E-state index contributed by atoms with van der Waals surface area (Å²) in [5.74, 6) is -1.49. The van der Waals surface area contributed by atoms with E-state index in [1.165, 1.54) is 28.6 Å². The van der Waals surface area contributed by atoms with Crippen LogP contribution in [0.5, 0.6) is 0 Å². The predicted octanol–water partition coefficient (Wildman–Crippen LogP) is 2.98. The fourth-order valence-electron chi connectivity index (χ4n) is 3.38. The molecule has 2 aromatic heterocycles. The van der Waals surface area contributed by atoms with E-state index in [2.05, 4.69) is 4.98 Å². The van der Waals surface area contributed by atoms with E-state index in [-0.39, 0.29) is 36.4 Å². The Kier molecular flexibility index (Phi) is 5.71. The third-order valence-corrected chi connectivity index (χ3v) is 5.11. The summed E-state index contributed by atoms with van der Waals surface area (Å²) >= 11 is 6.09. The van der Waals surface area contributed by atoms with Gasteiger partial charge >= 0.3 is 5.69 Å². The minimum Gasteiger partial charge on any atom is -0.383 e. The lowest BCUT2D eigenvalue weighted by Gasteiger charge is -2.13. The monoisotopic (exact) mass is 446 g/mol. The Balaban J connectivity index is 2.00. The maximum absolute atomic E-state index is 14.2. The van der Waals surface area contributed by atoms with Crippen LogP contribution in [0, 0.1) is 11.6 Å². The second kappa shape index (κ2) is 8.44. The Morgan fingerprint density at radius 1 is 1.10 bits per heavy atom. The topological polar surface area (TPSA) is 71.1 Å². The molecule has 7 nitrogen and oxygen atoms in total. The summed E-state index contributed by atoms with van der Waals surface area (Å²) in [7, 11) is 1.45. The molecule has 0 aliphatic rings. The first-order chi connectivity index (χ1) is 14.9. The van der Waals surface area contributed by atoms with Crippen LogP contribution in [0.2, 0.25) is 5.02 Å². The van der Waals surface area contributed by atoms with Crippen molar-refractivity contribution in [2.45, 2.75) is 13.1 Å². The molecule has 0 N–H and O–H groups in total. The van der Waals surface area contributed by atoms with E-state index in [1.54, 1.807) is 24.3 Å². The van der Waals surface area contributed by atoms with E-state index in [4.69, 9.17) is 16.3 Å². The SMILES string of the molecule is COCCn1c(=O)c2c(ncn2Cc2c(F)cccc2F)n(-c2cccc(Cl)c2)c1=O. The molecule has 0 aliphatic carbocycles. The van der Waals surface area contributed by atoms with Crippen LogP contribution in [-0.4, -0.2) is 32.4 Å². The van der Waals surface area contributed by atoms with Crippen LogP contribution in [-0.2, 0) is 17.8 Å². The van der Waals surface area contributed by atoms with Gasteiger partial charge in [-0.05, 0) is 30.3 Å². The largest absolute Gasteiger partial charge is 0.383 e. The van der Waals surface area contributed by atoms with Crippen LogP contribution < -0.4 is 11.2 Å². The number of benzene rings is 2. The van der Waals surface area contributed by atoms with Gasteiger partial charge in [0.15, 0.2) is 11.2 Å². The molecular weight excluding hydrogens is 430 g/mol. The summed E-state index contributed by atoms with van der Waals surface area (Å²) in [4.78, 5) is 30.5. The van der Waals surface area contributed by atoms with Crippen molar-refractivity contribution >= 4 is 22.8 Å². The Morgan fingerprint density at radius 3 is 2.48 bits per heavy atom. The Hall–Kier alpha value is -3.30. The van der Waals surface area contributed by atoms with Gasteiger partial charge in [-0.25, -0.2) is 23.1 Å². The second-order valence-electron chi connectivity index (χ2n) is 6.79. The molecule has 0 amide bonds. The number of hydrogen-bond acceptors (Lipinski definition) is 4. The van der Waals surface area contributed by atoms with Crippen molar-refractivity contribution in [2.75, 3.05) is 13.7 Å². The van der Waals surface area contributed by atoms with Crippen LogP contribution >= 0.6 is 11.6 Å². The van der Waals surface area contributed by atoms with Gasteiger partial charge < -0.3 is 9.30 Å². The van der Waals surface area contributed by atoms with Crippen molar-refractivity contribution in [3.63, 3.8) is 0 Å². The molecular formula is C21H17ClF2N4O3. The zero-order valence-corrected chi connectivity index (χ0v) is 17.1. The van der Waals surface area contributed by atoms with Gasteiger partial charge in [0.1, 0.15) is 11.6 Å². The molecule has 160 valence electrons. The maximum Gasteiger partial charge on any atom is 0.337 e. The lowest BCUT2D eigenvalue weighted by molar-refractivity contribution is 0.184. The normalized spacial score (nSPS) is 11.4. The molecule has 4 aromatic rings. The van der Waals surface area contributed by atoms with Gasteiger partial charge in [0.2, 0.25) is 0 Å². The van der Waals surface area contributed by atoms with Gasteiger partial charge in [-0.2, -0.15) is 0 Å². The quantitative estimate of drug-likeness (QED) is 0.456. The fraction of sp³-hybridized carbons (Fsp3) is 0.190. The van der Waals surface area contributed by atoms with Gasteiger partial charge in [0, 0.05) is 17.7 Å². The average molecular weight is 447 g/mol. The van der Waals surface area contributed by atoms with Crippen molar-refractivity contribution in [1.82, 2.24) is 18.7 Å². The van der Waals surface area contributed by atoms with E-state index in [0.717, 1.165) is 16.7 Å². The first-order valence-corrected chi connectivity index (χ1v) is 9.68. The number of rotatable bonds is 6. The van der Waals surface area contributed by atoms with Crippen LogP contribution in [0.4, 0.5) is 8.78 Å². The summed E-state index contributed by atoms with van der Waals surface area (Å²) in [5, 5.41) is 0.389. The number of hydrogen-bond donors (Lipinski definition) is 0. The molecule has 10 heteroatoms. The van der Waals surface area contributed by atoms with Gasteiger partial charge in [-0.15, -0.1) is 0 Å². The molecule has 2 heterocycles. The molecule has 0 aliphatic heterocycles. The first-order valence-electron chi connectivity index (χ1n) is 9.31. The highest BCUT2D eigenvalue weighted by atomic mass is 35.5. The number of ether oxygens (including phenoxy) is 1. The van der Waals surface area contributed by atoms with Gasteiger partial charge in [0.25, 0.3) is 5.56 Å². The summed E-state index contributed by atoms with van der Waals surface area (Å²) in [6.07, 6.45) is 1.28. The second-order valence-corrected chi connectivity index (χ2v) is 7.23. The van der Waals surface area contributed by atoms with E-state index in [9.17, 15) is 18.4 Å². The molecule has 0 spiro atoms. The summed E-state index contributed by atoms with van der Waals surface area (Å²) in [6.45, 7) is -0.168. The molecule has 2 aromatic carbocycles. The zero-order chi connectivity index (χ0) is 22.1. The van der Waals surface area contributed by atoms with Gasteiger partial charge in [0.05, 0.1) is 31.7 Å². The van der Waals surface area contributed by atoms with Crippen molar-refractivity contribution in [2.24, 2.45) is 0 Å². The highest BCUT2D eigenvalue weighted by Crippen LogP contribution is 2.19. The summed E-state index contributed by atoms with van der Waals surface area (Å²) < 4.78 is 37.0. The highest BCUT2D eigenvalue weighted by Gasteiger charge is 2.20. The van der Waals surface area contributed by atoms with Crippen LogP contribution in [0.15, 0.2) is 58.4 Å². The zero-order valence-electron chi connectivity index (χ0n) is 16.4. The number of halogens is 3. The Labute approximate surface area is 179 Å². The van der Waals surface area contributed by atoms with Crippen LogP contribution in [0.1, 0.15) is 5.56 Å². The lowest BCUT2D eigenvalue weighted by atomic mass is 10.2. The number of imidazole rings is 1. The van der Waals surface area contributed by atoms with Gasteiger partial charge in [-0.3, -0.25) is 9.36 Å². The molecule has 0 fully saturated rings. The number of methoxy groups -OCH3 is 1. The summed E-state index contributed by atoms with van der Waals surface area (Å²) in [6, 6.07) is 10.0. The molecule has 0 saturated carbocycles. The van der Waals surface area contributed by atoms with Crippen LogP contribution in [0.25, 0.3) is 16.9 Å². The van der Waals surface area contributed by atoms with Crippen LogP contribution in [0.3, 0.4) is 0 Å². The maximum atomic E-state index is 14.2. The molecule has 0 atom stereocenters. The molecule has 0 saturated heterocycles. The van der Waals surface area contributed by atoms with Crippen molar-refractivity contribution < 1.29 is 13.5 Å². The fourth-order valence-corrected chi connectivity index (χ4v) is 3.57. The van der Waals surface area contributed by atoms with E-state index >= 15 is 0 Å². The molecule has 0 bridgehead atoms. The van der Waals surface area contributed by atoms with Crippen molar-refractivity contribution in [1.29, 1.82) is 0 Å². The molecule has 0 unspecified atom stereocenters. The molecule has 4 rings (SSSR count). The standard InChI is InChI=1S/C21H17ClF2N4O3/c1-31-9-8-27-20(29)18-19(28(21(27)30)14-5-2-4-13(22)10-14)25-12-26(18)11-15-16(23)6-3-7-17(15)24/h2-7,10,12H,8-9,11H2,1H3. The smallest absolute Gasteiger partial charge is 0.337 e. The number of aromatic nitrogens is 4. The average Bonchev–Trinajstić information content (AvgIpc) is 3.14. The Morgan fingerprint density at radius 2 is 1.81 bits per heavy atom. The van der Waals surface area contributed by atoms with E-state index in [0.29, 0.717) is 10.7 Å². The lowest BCUT2D eigenvalue weighted by Crippen LogP contribution is -2.41. The Bertz CT molecular complexity index is 1370. The predicted molar refractivity (Wildman–Crippen MR) is 112 cm³/mol. The number of nitrogens with zero attached hydrogens (tertiary/aromatic N) is 4. The summed E-state index contributed by atoms with van der Waals surface area (Å²) in [5.41, 5.74) is -0.995. The van der Waals surface area contributed by atoms with E-state index < -0.39 is 22.9 Å². The highest BCUT2D eigenvalue weighted by molar-refractivity contribution is 6.30. The third-order valence-electron chi connectivity index (χ3n) is 4.88. The third kappa shape index (κ3) is 3.77. The van der Waals surface area contributed by atoms with E-state index in [1.807, 2.05) is 0 Å². The molecule has 31 heavy (non-hydrogen) atoms. The minimum atomic E-state index is -0.746.